The van der Waals surface area contributed by atoms with Gasteiger partial charge in [-0.25, -0.2) is 0 Å². The lowest BCUT2D eigenvalue weighted by atomic mass is 9.78. The smallest absolute Gasteiger partial charge is 0.451 e. The van der Waals surface area contributed by atoms with E-state index >= 15 is 0 Å². The van der Waals surface area contributed by atoms with Crippen molar-refractivity contribution in [3.63, 3.8) is 0 Å². The van der Waals surface area contributed by atoms with Crippen molar-refractivity contribution in [2.45, 2.75) is 68.5 Å². The van der Waals surface area contributed by atoms with Crippen LogP contribution in [0.25, 0.3) is 0 Å². The van der Waals surface area contributed by atoms with E-state index in [0.717, 1.165) is 12.8 Å². The lowest BCUT2D eigenvalue weighted by molar-refractivity contribution is -0.144. The largest absolute Gasteiger partial charge is 0.480 e. The zero-order valence-electron chi connectivity index (χ0n) is 17.4. The molecule has 30 heavy (non-hydrogen) atoms. The van der Waals surface area contributed by atoms with E-state index in [1.54, 1.807) is 0 Å². The highest BCUT2D eigenvalue weighted by molar-refractivity contribution is 7.86. The summed E-state index contributed by atoms with van der Waals surface area (Å²) in [5.41, 5.74) is 10.3. The Hall–Kier alpha value is -0.795. The van der Waals surface area contributed by atoms with Crippen molar-refractivity contribution in [3.05, 3.63) is 0 Å². The first-order chi connectivity index (χ1) is 13.9. The maximum atomic E-state index is 13.7. The molecule has 0 radical (unpaired) electrons. The summed E-state index contributed by atoms with van der Waals surface area (Å²) in [6.07, 6.45) is 2.86. The summed E-state index contributed by atoms with van der Waals surface area (Å²) < 4.78 is 30.1. The molecule has 172 valence electrons. The summed E-state index contributed by atoms with van der Waals surface area (Å²) in [6.45, 7) is 2.72. The van der Waals surface area contributed by atoms with Crippen molar-refractivity contribution in [2.24, 2.45) is 17.4 Å². The predicted molar refractivity (Wildman–Crippen MR) is 111 cm³/mol. The van der Waals surface area contributed by atoms with Crippen LogP contribution in [0.15, 0.2) is 0 Å². The molecule has 3 fully saturated rings. The molecule has 2 unspecified atom stereocenters. The van der Waals surface area contributed by atoms with Crippen LogP contribution in [0, 0.1) is 5.92 Å². The van der Waals surface area contributed by atoms with Gasteiger partial charge < -0.3 is 31.9 Å². The van der Waals surface area contributed by atoms with Crippen molar-refractivity contribution in [3.8, 4) is 0 Å². The molecule has 3 rings (SSSR count). The fourth-order valence-corrected chi connectivity index (χ4v) is 6.90. The van der Waals surface area contributed by atoms with Crippen molar-refractivity contribution < 1.29 is 28.4 Å². The molecule has 0 amide bonds. The Kier molecular flexibility index (Phi) is 6.86. The van der Waals surface area contributed by atoms with Gasteiger partial charge in [0.15, 0.2) is 0 Å². The molecule has 13 heteroatoms. The zero-order valence-corrected chi connectivity index (χ0v) is 18.2. The van der Waals surface area contributed by atoms with Crippen molar-refractivity contribution in [1.29, 1.82) is 0 Å². The zero-order chi connectivity index (χ0) is 22.3. The van der Waals surface area contributed by atoms with Crippen LogP contribution < -0.4 is 16.8 Å². The lowest BCUT2D eigenvalue weighted by Crippen LogP contribution is -2.60. The van der Waals surface area contributed by atoms with E-state index < -0.39 is 46.3 Å². The van der Waals surface area contributed by atoms with Gasteiger partial charge in [-0.1, -0.05) is 6.42 Å². The summed E-state index contributed by atoms with van der Waals surface area (Å²) in [6, 6.07) is -0.653. The second kappa shape index (κ2) is 8.62. The molecule has 1 saturated carbocycles. The highest BCUT2D eigenvalue weighted by atomic mass is 32.2. The fourth-order valence-electron chi connectivity index (χ4n) is 4.72. The van der Waals surface area contributed by atoms with Gasteiger partial charge >= 0.3 is 13.1 Å². The molecule has 0 aromatic rings. The second-order valence-electron chi connectivity index (χ2n) is 9.14. The van der Waals surface area contributed by atoms with Crippen LogP contribution in [-0.4, -0.2) is 94.6 Å². The van der Waals surface area contributed by atoms with Gasteiger partial charge in [-0.3, -0.25) is 4.79 Å². The van der Waals surface area contributed by atoms with E-state index in [0.29, 0.717) is 25.9 Å². The van der Waals surface area contributed by atoms with Gasteiger partial charge in [0.25, 0.3) is 10.2 Å². The molecule has 2 saturated heterocycles. The molecular weight excluding hydrogens is 413 g/mol. The van der Waals surface area contributed by atoms with E-state index in [4.69, 9.17) is 21.5 Å². The number of hydrogen-bond acceptors (Lipinski definition) is 8. The number of hydrogen-bond donors (Lipinski definition) is 6. The highest BCUT2D eigenvalue weighted by Gasteiger charge is 2.57. The van der Waals surface area contributed by atoms with E-state index in [9.17, 15) is 18.3 Å². The third-order valence-electron chi connectivity index (χ3n) is 7.03. The van der Waals surface area contributed by atoms with Crippen LogP contribution in [-0.2, 0) is 15.0 Å². The second-order valence-corrected chi connectivity index (χ2v) is 11.0. The SMILES string of the molecule is CC(N(C1CCNC1)S(=O)(=O)N1C[C@H](CCCB(O)O)[C@](N)(C(=O)O)C1)C1(N)CC1. The summed E-state index contributed by atoms with van der Waals surface area (Å²) in [7, 11) is -5.49. The fraction of sp³-hybridized carbons (Fsp3) is 0.941. The average Bonchev–Trinajstić information content (AvgIpc) is 3.05. The Balaban J connectivity index is 1.84. The monoisotopic (exact) mass is 447 g/mol. The van der Waals surface area contributed by atoms with Crippen molar-refractivity contribution in [2.75, 3.05) is 26.2 Å². The Morgan fingerprint density at radius 3 is 2.53 bits per heavy atom. The third kappa shape index (κ3) is 4.53. The quantitative estimate of drug-likeness (QED) is 0.201. The maximum absolute atomic E-state index is 13.7. The number of nitrogens with one attached hydrogen (secondary N) is 1. The summed E-state index contributed by atoms with van der Waals surface area (Å²) in [4.78, 5) is 11.9. The van der Waals surface area contributed by atoms with Crippen LogP contribution in [0.2, 0.25) is 6.32 Å². The molecule has 0 aromatic carbocycles. The molecule has 4 atom stereocenters. The Morgan fingerprint density at radius 2 is 2.03 bits per heavy atom. The summed E-state index contributed by atoms with van der Waals surface area (Å²) >= 11 is 0. The number of nitrogens with two attached hydrogens (primary N) is 2. The van der Waals surface area contributed by atoms with Crippen molar-refractivity contribution in [1.82, 2.24) is 13.9 Å². The third-order valence-corrected chi connectivity index (χ3v) is 9.11. The van der Waals surface area contributed by atoms with Gasteiger partial charge in [0, 0.05) is 43.2 Å². The summed E-state index contributed by atoms with van der Waals surface area (Å²) in [5.74, 6) is -1.88. The molecular formula is C17H34BN5O6S. The first kappa shape index (κ1) is 23.9. The molecule has 1 aliphatic carbocycles. The molecule has 0 aromatic heterocycles. The Labute approximate surface area is 178 Å². The normalized spacial score (nSPS) is 32.5. The minimum atomic E-state index is -4.00. The average molecular weight is 447 g/mol. The molecule has 2 aliphatic heterocycles. The first-order valence-electron chi connectivity index (χ1n) is 10.6. The number of carboxylic acids is 1. The van der Waals surface area contributed by atoms with E-state index in [1.165, 1.54) is 8.61 Å². The van der Waals surface area contributed by atoms with Crippen molar-refractivity contribution >= 4 is 23.3 Å². The van der Waals surface area contributed by atoms with Gasteiger partial charge in [0.05, 0.1) is 0 Å². The topological polar surface area (TPSA) is 182 Å². The number of nitrogens with zero attached hydrogens (tertiary/aromatic N) is 2. The standard InChI is InChI=1S/C17H34BN5O6S/c1-12(16(19)5-6-16)23(14-4-8-21-9-14)30(28,29)22-10-13(3-2-7-18(26)27)17(20,11-22)15(24)25/h12-14,21,26-27H,2-11,19-20H2,1H3,(H,24,25)/t12?,13-,14?,17-/m0/s1. The van der Waals surface area contributed by atoms with Crippen LogP contribution in [0.4, 0.5) is 0 Å². The van der Waals surface area contributed by atoms with E-state index in [-0.39, 0.29) is 31.9 Å². The van der Waals surface area contributed by atoms with E-state index in [1.807, 2.05) is 6.92 Å². The minimum Gasteiger partial charge on any atom is -0.480 e. The maximum Gasteiger partial charge on any atom is 0.451 e. The summed E-state index contributed by atoms with van der Waals surface area (Å²) in [5, 5.41) is 31.1. The first-order valence-corrected chi connectivity index (χ1v) is 12.0. The highest BCUT2D eigenvalue weighted by Crippen LogP contribution is 2.42. The van der Waals surface area contributed by atoms with Crippen LogP contribution in [0.3, 0.4) is 0 Å². The van der Waals surface area contributed by atoms with Gasteiger partial charge in [0.2, 0.25) is 0 Å². The van der Waals surface area contributed by atoms with Gasteiger partial charge in [-0.15, -0.1) is 0 Å². The minimum absolute atomic E-state index is 0.0202. The van der Waals surface area contributed by atoms with Crippen LogP contribution >= 0.6 is 0 Å². The van der Waals surface area contributed by atoms with Gasteiger partial charge in [-0.05, 0) is 45.5 Å². The molecule has 8 N–H and O–H groups in total. The number of rotatable bonds is 10. The molecule has 11 nitrogen and oxygen atoms in total. The number of carboxylic acid groups (broad SMARTS) is 1. The molecule has 0 spiro atoms. The predicted octanol–water partition coefficient (Wildman–Crippen LogP) is -2.26. The molecule has 0 bridgehead atoms. The lowest BCUT2D eigenvalue weighted by Gasteiger charge is -2.38. The Morgan fingerprint density at radius 1 is 1.37 bits per heavy atom. The number of aliphatic carboxylic acids is 1. The van der Waals surface area contributed by atoms with Gasteiger partial charge in [0.1, 0.15) is 5.54 Å². The van der Waals surface area contributed by atoms with Gasteiger partial charge in [-0.2, -0.15) is 17.0 Å². The van der Waals surface area contributed by atoms with E-state index in [2.05, 4.69) is 5.32 Å². The molecule has 3 aliphatic rings. The Bertz CT molecular complexity index is 745. The molecule has 2 heterocycles. The number of carbonyl (C=O) groups is 1. The van der Waals surface area contributed by atoms with Crippen LogP contribution in [0.5, 0.6) is 0 Å². The van der Waals surface area contributed by atoms with Crippen LogP contribution in [0.1, 0.15) is 39.0 Å².